The van der Waals surface area contributed by atoms with Crippen molar-refractivity contribution < 1.29 is 4.79 Å². The van der Waals surface area contributed by atoms with E-state index in [1.165, 1.54) is 0 Å². The Bertz CT molecular complexity index is 518. The number of likely N-dealkylation sites (tertiary alicyclic amines) is 1. The Morgan fingerprint density at radius 1 is 1.47 bits per heavy atom. The summed E-state index contributed by atoms with van der Waals surface area (Å²) in [4.78, 5) is 14.9. The summed E-state index contributed by atoms with van der Waals surface area (Å²) < 4.78 is 0.908. The average Bonchev–Trinajstić information content (AvgIpc) is 2.40. The minimum Gasteiger partial charge on any atom is -0.392 e. The van der Waals surface area contributed by atoms with Crippen LogP contribution in [0.25, 0.3) is 0 Å². The monoisotopic (exact) mass is 340 g/mol. The van der Waals surface area contributed by atoms with Gasteiger partial charge in [0.15, 0.2) is 0 Å². The van der Waals surface area contributed by atoms with Gasteiger partial charge in [0, 0.05) is 16.6 Å². The van der Waals surface area contributed by atoms with Gasteiger partial charge in [0.25, 0.3) is 5.91 Å². The molecule has 2 rings (SSSR count). The third kappa shape index (κ3) is 3.15. The van der Waals surface area contributed by atoms with Crippen LogP contribution in [0.2, 0.25) is 0 Å². The van der Waals surface area contributed by atoms with E-state index in [1.54, 1.807) is 0 Å². The van der Waals surface area contributed by atoms with Gasteiger partial charge in [-0.15, -0.1) is 0 Å². The molecule has 19 heavy (non-hydrogen) atoms. The second-order valence-electron chi connectivity index (χ2n) is 4.87. The fraction of sp³-hybridized carbons (Fsp3) is 0.429. The SMILES string of the molecule is Cc1ccc(Br)cc1C(=O)N1CCCCC1C(N)=S. The summed E-state index contributed by atoms with van der Waals surface area (Å²) in [5.74, 6) is 0.0244. The van der Waals surface area contributed by atoms with Gasteiger partial charge in [0.2, 0.25) is 0 Å². The molecule has 5 heteroatoms. The van der Waals surface area contributed by atoms with Crippen molar-refractivity contribution in [2.75, 3.05) is 6.54 Å². The third-order valence-electron chi connectivity index (χ3n) is 3.52. The number of benzene rings is 1. The van der Waals surface area contributed by atoms with E-state index < -0.39 is 0 Å². The maximum atomic E-state index is 12.7. The first-order chi connectivity index (χ1) is 9.00. The Balaban J connectivity index is 2.31. The zero-order valence-corrected chi connectivity index (χ0v) is 13.3. The van der Waals surface area contributed by atoms with E-state index in [0.29, 0.717) is 4.99 Å². The van der Waals surface area contributed by atoms with Gasteiger partial charge in [0.05, 0.1) is 11.0 Å². The van der Waals surface area contributed by atoms with Crippen molar-refractivity contribution in [3.8, 4) is 0 Å². The number of piperidine rings is 1. The van der Waals surface area contributed by atoms with Gasteiger partial charge in [-0.25, -0.2) is 0 Å². The standard InChI is InChI=1S/C14H17BrN2OS/c1-9-5-6-10(15)8-11(9)14(18)17-7-3-2-4-12(17)13(16)19/h5-6,8,12H,2-4,7H2,1H3,(H2,16,19). The summed E-state index contributed by atoms with van der Waals surface area (Å²) in [5, 5.41) is 0. The van der Waals surface area contributed by atoms with Crippen LogP contribution in [-0.2, 0) is 0 Å². The van der Waals surface area contributed by atoms with Gasteiger partial charge in [-0.05, 0) is 43.9 Å². The Morgan fingerprint density at radius 2 is 2.21 bits per heavy atom. The fourth-order valence-corrected chi connectivity index (χ4v) is 3.06. The molecule has 1 unspecified atom stereocenters. The predicted octanol–water partition coefficient (Wildman–Crippen LogP) is 3.04. The normalized spacial score (nSPS) is 19.3. The summed E-state index contributed by atoms with van der Waals surface area (Å²) in [7, 11) is 0. The Labute approximate surface area is 127 Å². The van der Waals surface area contributed by atoms with E-state index in [-0.39, 0.29) is 11.9 Å². The molecular weight excluding hydrogens is 324 g/mol. The largest absolute Gasteiger partial charge is 0.392 e. The highest BCUT2D eigenvalue weighted by molar-refractivity contribution is 9.10. The first-order valence-corrected chi connectivity index (χ1v) is 7.57. The lowest BCUT2D eigenvalue weighted by molar-refractivity contribution is 0.0680. The van der Waals surface area contributed by atoms with Crippen LogP contribution < -0.4 is 5.73 Å². The minimum absolute atomic E-state index is 0.0244. The van der Waals surface area contributed by atoms with Crippen molar-refractivity contribution in [3.05, 3.63) is 33.8 Å². The number of halogens is 1. The number of carbonyl (C=O) groups is 1. The Morgan fingerprint density at radius 3 is 2.89 bits per heavy atom. The van der Waals surface area contributed by atoms with Gasteiger partial charge in [0.1, 0.15) is 0 Å². The molecule has 1 aromatic rings. The van der Waals surface area contributed by atoms with E-state index in [1.807, 2.05) is 30.0 Å². The number of rotatable bonds is 2. The summed E-state index contributed by atoms with van der Waals surface area (Å²) >= 11 is 8.51. The van der Waals surface area contributed by atoms with E-state index in [4.69, 9.17) is 18.0 Å². The van der Waals surface area contributed by atoms with Crippen LogP contribution in [-0.4, -0.2) is 28.4 Å². The zero-order valence-electron chi connectivity index (χ0n) is 10.9. The number of hydrogen-bond donors (Lipinski definition) is 1. The number of nitrogens with two attached hydrogens (primary N) is 1. The molecule has 0 saturated carbocycles. The molecular formula is C14H17BrN2OS. The topological polar surface area (TPSA) is 46.3 Å². The second-order valence-corrected chi connectivity index (χ2v) is 6.26. The van der Waals surface area contributed by atoms with Gasteiger partial charge < -0.3 is 10.6 Å². The molecule has 0 radical (unpaired) electrons. The lowest BCUT2D eigenvalue weighted by Crippen LogP contribution is -2.49. The highest BCUT2D eigenvalue weighted by Crippen LogP contribution is 2.23. The lowest BCUT2D eigenvalue weighted by Gasteiger charge is -2.35. The van der Waals surface area contributed by atoms with E-state index in [9.17, 15) is 4.79 Å². The van der Waals surface area contributed by atoms with Crippen molar-refractivity contribution >= 4 is 39.0 Å². The first kappa shape index (κ1) is 14.5. The molecule has 0 bridgehead atoms. The van der Waals surface area contributed by atoms with E-state index in [2.05, 4.69) is 15.9 Å². The lowest BCUT2D eigenvalue weighted by atomic mass is 9.99. The molecule has 1 amide bonds. The van der Waals surface area contributed by atoms with Crippen molar-refractivity contribution in [1.29, 1.82) is 0 Å². The van der Waals surface area contributed by atoms with Crippen LogP contribution in [0.5, 0.6) is 0 Å². The molecule has 3 nitrogen and oxygen atoms in total. The van der Waals surface area contributed by atoms with Crippen molar-refractivity contribution in [2.45, 2.75) is 32.2 Å². The van der Waals surface area contributed by atoms with Crippen LogP contribution in [0.1, 0.15) is 35.2 Å². The van der Waals surface area contributed by atoms with Gasteiger partial charge >= 0.3 is 0 Å². The molecule has 2 N–H and O–H groups in total. The van der Waals surface area contributed by atoms with Crippen LogP contribution >= 0.6 is 28.1 Å². The van der Waals surface area contributed by atoms with Gasteiger partial charge in [-0.2, -0.15) is 0 Å². The molecule has 1 heterocycles. The first-order valence-electron chi connectivity index (χ1n) is 6.37. The second kappa shape index (κ2) is 6.01. The summed E-state index contributed by atoms with van der Waals surface area (Å²) in [6.07, 6.45) is 2.95. The number of nitrogens with zero attached hydrogens (tertiary/aromatic N) is 1. The van der Waals surface area contributed by atoms with Crippen LogP contribution in [0.4, 0.5) is 0 Å². The van der Waals surface area contributed by atoms with Crippen molar-refractivity contribution in [2.24, 2.45) is 5.73 Å². The molecule has 1 aromatic carbocycles. The zero-order chi connectivity index (χ0) is 14.0. The number of thiocarbonyl (C=S) groups is 1. The highest BCUT2D eigenvalue weighted by atomic mass is 79.9. The van der Waals surface area contributed by atoms with Crippen LogP contribution in [0.3, 0.4) is 0 Å². The Hall–Kier alpha value is -0.940. The molecule has 1 aliphatic heterocycles. The Kier molecular flexibility index (Phi) is 4.58. The molecule has 1 saturated heterocycles. The third-order valence-corrected chi connectivity index (χ3v) is 4.29. The van der Waals surface area contributed by atoms with Crippen LogP contribution in [0.15, 0.2) is 22.7 Å². The molecule has 1 fully saturated rings. The number of carbonyl (C=O) groups excluding carboxylic acids is 1. The van der Waals surface area contributed by atoms with Gasteiger partial charge in [-0.3, -0.25) is 4.79 Å². The number of aryl methyl sites for hydroxylation is 1. The maximum absolute atomic E-state index is 12.7. The smallest absolute Gasteiger partial charge is 0.254 e. The van der Waals surface area contributed by atoms with Crippen LogP contribution in [0, 0.1) is 6.92 Å². The number of amides is 1. The summed E-state index contributed by atoms with van der Waals surface area (Å²) in [6, 6.07) is 5.64. The minimum atomic E-state index is -0.102. The fourth-order valence-electron chi connectivity index (χ4n) is 2.45. The van der Waals surface area contributed by atoms with E-state index in [0.717, 1.165) is 41.4 Å². The van der Waals surface area contributed by atoms with Crippen molar-refractivity contribution in [3.63, 3.8) is 0 Å². The van der Waals surface area contributed by atoms with Crippen molar-refractivity contribution in [1.82, 2.24) is 4.90 Å². The number of hydrogen-bond acceptors (Lipinski definition) is 2. The highest BCUT2D eigenvalue weighted by Gasteiger charge is 2.29. The maximum Gasteiger partial charge on any atom is 0.254 e. The molecule has 0 aromatic heterocycles. The molecule has 1 aliphatic rings. The molecule has 0 aliphatic carbocycles. The quantitative estimate of drug-likeness (QED) is 0.841. The average molecular weight is 341 g/mol. The summed E-state index contributed by atoms with van der Waals surface area (Å²) in [6.45, 7) is 2.67. The summed E-state index contributed by atoms with van der Waals surface area (Å²) in [5.41, 5.74) is 7.46. The van der Waals surface area contributed by atoms with E-state index >= 15 is 0 Å². The van der Waals surface area contributed by atoms with Gasteiger partial charge in [-0.1, -0.05) is 34.2 Å². The molecule has 1 atom stereocenters. The molecule has 102 valence electrons. The molecule has 0 spiro atoms. The predicted molar refractivity (Wildman–Crippen MR) is 84.3 cm³/mol.